The molecule has 0 amide bonds. The quantitative estimate of drug-likeness (QED) is 0.822. The van der Waals surface area contributed by atoms with Crippen molar-refractivity contribution in [1.29, 1.82) is 0 Å². The minimum absolute atomic E-state index is 0.164. The lowest BCUT2D eigenvalue weighted by atomic mass is 9.94. The van der Waals surface area contributed by atoms with E-state index in [-0.39, 0.29) is 6.04 Å². The maximum Gasteiger partial charge on any atom is 0.0495 e. The summed E-state index contributed by atoms with van der Waals surface area (Å²) in [6.07, 6.45) is 2.21. The molecule has 0 aliphatic carbocycles. The molecule has 1 aromatic carbocycles. The Kier molecular flexibility index (Phi) is 3.39. The number of hydrogen-bond donors (Lipinski definition) is 1. The summed E-state index contributed by atoms with van der Waals surface area (Å²) in [5.41, 5.74) is 8.72. The Bertz CT molecular complexity index is 318. The summed E-state index contributed by atoms with van der Waals surface area (Å²) in [6, 6.07) is 8.65. The first-order valence-electron chi connectivity index (χ1n) is 5.65. The zero-order chi connectivity index (χ0) is 10.7. The normalized spacial score (nSPS) is 22.9. The van der Waals surface area contributed by atoms with E-state index in [9.17, 15) is 0 Å². The Labute approximate surface area is 91.4 Å². The van der Waals surface area contributed by atoms with Crippen LogP contribution < -0.4 is 5.73 Å². The van der Waals surface area contributed by atoms with Gasteiger partial charge in [0.05, 0.1) is 0 Å². The zero-order valence-corrected chi connectivity index (χ0v) is 9.28. The van der Waals surface area contributed by atoms with Gasteiger partial charge in [-0.05, 0) is 31.2 Å². The van der Waals surface area contributed by atoms with Gasteiger partial charge in [-0.15, -0.1) is 0 Å². The van der Waals surface area contributed by atoms with Crippen molar-refractivity contribution in [3.05, 3.63) is 35.4 Å². The van der Waals surface area contributed by atoms with Gasteiger partial charge in [0.15, 0.2) is 0 Å². The fourth-order valence-corrected chi connectivity index (χ4v) is 2.17. The van der Waals surface area contributed by atoms with Gasteiger partial charge in [0.25, 0.3) is 0 Å². The van der Waals surface area contributed by atoms with Crippen LogP contribution in [0, 0.1) is 12.8 Å². The molecule has 2 heteroatoms. The van der Waals surface area contributed by atoms with E-state index in [0.717, 1.165) is 19.6 Å². The molecular formula is C13H19NO. The lowest BCUT2D eigenvalue weighted by Crippen LogP contribution is -2.15. The number of rotatable bonds is 3. The van der Waals surface area contributed by atoms with Crippen molar-refractivity contribution >= 4 is 0 Å². The summed E-state index contributed by atoms with van der Waals surface area (Å²) in [6.45, 7) is 3.90. The highest BCUT2D eigenvalue weighted by Gasteiger charge is 2.19. The smallest absolute Gasteiger partial charge is 0.0495 e. The van der Waals surface area contributed by atoms with E-state index in [1.165, 1.54) is 17.5 Å². The number of aryl methyl sites for hydroxylation is 1. The highest BCUT2D eigenvalue weighted by Crippen LogP contribution is 2.25. The third-order valence-electron chi connectivity index (χ3n) is 3.08. The Hall–Kier alpha value is -0.860. The molecule has 15 heavy (non-hydrogen) atoms. The standard InChI is InChI=1S/C13H19NO/c1-10-3-2-4-12(7-10)13(14)8-11-5-6-15-9-11/h2-4,7,11,13H,5-6,8-9,14H2,1H3. The molecule has 0 spiro atoms. The predicted molar refractivity (Wildman–Crippen MR) is 61.7 cm³/mol. The molecule has 82 valence electrons. The monoisotopic (exact) mass is 205 g/mol. The molecule has 2 rings (SSSR count). The molecule has 0 aromatic heterocycles. The van der Waals surface area contributed by atoms with E-state index >= 15 is 0 Å². The van der Waals surface area contributed by atoms with E-state index in [0.29, 0.717) is 5.92 Å². The zero-order valence-electron chi connectivity index (χ0n) is 9.28. The van der Waals surface area contributed by atoms with Crippen molar-refractivity contribution in [3.8, 4) is 0 Å². The van der Waals surface area contributed by atoms with Crippen LogP contribution in [0.4, 0.5) is 0 Å². The van der Waals surface area contributed by atoms with Crippen LogP contribution in [0.2, 0.25) is 0 Å². The summed E-state index contributed by atoms with van der Waals surface area (Å²) in [7, 11) is 0. The Morgan fingerprint density at radius 2 is 2.40 bits per heavy atom. The van der Waals surface area contributed by atoms with E-state index in [1.807, 2.05) is 0 Å². The lowest BCUT2D eigenvalue weighted by molar-refractivity contribution is 0.182. The van der Waals surface area contributed by atoms with Crippen molar-refractivity contribution in [3.63, 3.8) is 0 Å². The topological polar surface area (TPSA) is 35.2 Å². The first-order valence-corrected chi connectivity index (χ1v) is 5.65. The maximum atomic E-state index is 6.19. The summed E-state index contributed by atoms with van der Waals surface area (Å²) >= 11 is 0. The minimum atomic E-state index is 0.164. The first kappa shape index (κ1) is 10.7. The highest BCUT2D eigenvalue weighted by atomic mass is 16.5. The van der Waals surface area contributed by atoms with Crippen LogP contribution in [-0.2, 0) is 4.74 Å². The second kappa shape index (κ2) is 4.77. The van der Waals surface area contributed by atoms with E-state index in [2.05, 4.69) is 31.2 Å². The molecule has 1 fully saturated rings. The fourth-order valence-electron chi connectivity index (χ4n) is 2.17. The molecule has 1 aliphatic rings. The second-order valence-corrected chi connectivity index (χ2v) is 4.49. The molecular weight excluding hydrogens is 186 g/mol. The molecule has 1 aromatic rings. The molecule has 2 N–H and O–H groups in total. The van der Waals surface area contributed by atoms with Gasteiger partial charge < -0.3 is 10.5 Å². The first-order chi connectivity index (χ1) is 7.25. The third-order valence-corrected chi connectivity index (χ3v) is 3.08. The van der Waals surface area contributed by atoms with Crippen LogP contribution in [0.5, 0.6) is 0 Å². The maximum absolute atomic E-state index is 6.19. The second-order valence-electron chi connectivity index (χ2n) is 4.49. The lowest BCUT2D eigenvalue weighted by Gasteiger charge is -2.16. The summed E-state index contributed by atoms with van der Waals surface area (Å²) in [5.74, 6) is 0.653. The predicted octanol–water partition coefficient (Wildman–Crippen LogP) is 2.42. The molecule has 2 unspecified atom stereocenters. The van der Waals surface area contributed by atoms with Crippen LogP contribution in [0.1, 0.15) is 30.0 Å². The van der Waals surface area contributed by atoms with Crippen LogP contribution in [0.3, 0.4) is 0 Å². The van der Waals surface area contributed by atoms with Crippen LogP contribution in [0.15, 0.2) is 24.3 Å². The number of hydrogen-bond acceptors (Lipinski definition) is 2. The molecule has 0 bridgehead atoms. The highest BCUT2D eigenvalue weighted by molar-refractivity contribution is 5.24. The SMILES string of the molecule is Cc1cccc(C(N)CC2CCOC2)c1. The molecule has 0 saturated carbocycles. The number of benzene rings is 1. The largest absolute Gasteiger partial charge is 0.381 e. The van der Waals surface area contributed by atoms with Crippen molar-refractivity contribution in [2.45, 2.75) is 25.8 Å². The number of ether oxygens (including phenoxy) is 1. The van der Waals surface area contributed by atoms with Crippen LogP contribution in [-0.4, -0.2) is 13.2 Å². The molecule has 1 heterocycles. The van der Waals surface area contributed by atoms with Crippen molar-refractivity contribution in [2.75, 3.05) is 13.2 Å². The third kappa shape index (κ3) is 2.80. The average Bonchev–Trinajstić information content (AvgIpc) is 2.70. The summed E-state index contributed by atoms with van der Waals surface area (Å²) < 4.78 is 5.36. The minimum Gasteiger partial charge on any atom is -0.381 e. The van der Waals surface area contributed by atoms with E-state index in [1.54, 1.807) is 0 Å². The Morgan fingerprint density at radius 1 is 1.53 bits per heavy atom. The van der Waals surface area contributed by atoms with Gasteiger partial charge in [0.1, 0.15) is 0 Å². The van der Waals surface area contributed by atoms with Gasteiger partial charge >= 0.3 is 0 Å². The van der Waals surface area contributed by atoms with E-state index in [4.69, 9.17) is 10.5 Å². The van der Waals surface area contributed by atoms with Crippen molar-refractivity contribution in [2.24, 2.45) is 11.7 Å². The molecule has 2 nitrogen and oxygen atoms in total. The summed E-state index contributed by atoms with van der Waals surface area (Å²) in [5, 5.41) is 0. The van der Waals surface area contributed by atoms with E-state index < -0.39 is 0 Å². The summed E-state index contributed by atoms with van der Waals surface area (Å²) in [4.78, 5) is 0. The average molecular weight is 205 g/mol. The molecule has 0 radical (unpaired) electrons. The Balaban J connectivity index is 1.97. The molecule has 1 saturated heterocycles. The van der Waals surface area contributed by atoms with Crippen LogP contribution >= 0.6 is 0 Å². The van der Waals surface area contributed by atoms with Gasteiger partial charge in [0, 0.05) is 19.3 Å². The van der Waals surface area contributed by atoms with Gasteiger partial charge in [-0.1, -0.05) is 29.8 Å². The van der Waals surface area contributed by atoms with Crippen molar-refractivity contribution in [1.82, 2.24) is 0 Å². The molecule has 2 atom stereocenters. The van der Waals surface area contributed by atoms with Crippen LogP contribution in [0.25, 0.3) is 0 Å². The van der Waals surface area contributed by atoms with Gasteiger partial charge in [0.2, 0.25) is 0 Å². The number of nitrogens with two attached hydrogens (primary N) is 1. The Morgan fingerprint density at radius 3 is 3.07 bits per heavy atom. The van der Waals surface area contributed by atoms with Gasteiger partial charge in [-0.25, -0.2) is 0 Å². The van der Waals surface area contributed by atoms with Gasteiger partial charge in [-0.3, -0.25) is 0 Å². The molecule has 1 aliphatic heterocycles. The fraction of sp³-hybridized carbons (Fsp3) is 0.538. The van der Waals surface area contributed by atoms with Crippen molar-refractivity contribution < 1.29 is 4.74 Å². The van der Waals surface area contributed by atoms with Gasteiger partial charge in [-0.2, -0.15) is 0 Å².